The van der Waals surface area contributed by atoms with Crippen LogP contribution in [0.25, 0.3) is 0 Å². The van der Waals surface area contributed by atoms with E-state index in [9.17, 15) is 13.2 Å². The van der Waals surface area contributed by atoms with Crippen LogP contribution in [0.2, 0.25) is 0 Å². The van der Waals surface area contributed by atoms with Crippen molar-refractivity contribution in [2.24, 2.45) is 0 Å². The summed E-state index contributed by atoms with van der Waals surface area (Å²) in [5, 5.41) is 0. The fourth-order valence-electron chi connectivity index (χ4n) is 5.19. The van der Waals surface area contributed by atoms with Gasteiger partial charge in [0.2, 0.25) is 5.91 Å². The highest BCUT2D eigenvalue weighted by molar-refractivity contribution is 7.86. The quantitative estimate of drug-likeness (QED) is 0.754. The van der Waals surface area contributed by atoms with Crippen LogP contribution < -0.4 is 0 Å². The standard InChI is InChI=1S/C22H33N3O3S/c1-23(19-10-3-2-4-11-19)29(27,28)25-16-14-24(15-17-25)22(26)21-13-7-9-18-8-5-6-12-20(18)21/h5-6,8,12,19,21H,2-4,7,9-11,13-17H2,1H3/t21-/m0/s1. The highest BCUT2D eigenvalue weighted by atomic mass is 32.2. The summed E-state index contributed by atoms with van der Waals surface area (Å²) in [6.45, 7) is 1.74. The third-order valence-electron chi connectivity index (χ3n) is 7.00. The molecule has 0 unspecified atom stereocenters. The van der Waals surface area contributed by atoms with Gasteiger partial charge in [-0.25, -0.2) is 0 Å². The van der Waals surface area contributed by atoms with Gasteiger partial charge < -0.3 is 4.90 Å². The fraction of sp³-hybridized carbons (Fsp3) is 0.682. The normalized spacial score (nSPS) is 24.5. The molecule has 1 aromatic rings. The van der Waals surface area contributed by atoms with E-state index in [4.69, 9.17) is 0 Å². The Labute approximate surface area is 175 Å². The molecule has 0 aromatic heterocycles. The molecule has 6 nitrogen and oxygen atoms in total. The van der Waals surface area contributed by atoms with Gasteiger partial charge in [-0.2, -0.15) is 17.0 Å². The number of carbonyl (C=O) groups is 1. The Balaban J connectivity index is 1.39. The molecule has 1 heterocycles. The Hall–Kier alpha value is -1.44. The lowest BCUT2D eigenvalue weighted by Gasteiger charge is -2.40. The zero-order valence-corrected chi connectivity index (χ0v) is 18.2. The average Bonchev–Trinajstić information content (AvgIpc) is 2.78. The lowest BCUT2D eigenvalue weighted by molar-refractivity contribution is -0.134. The molecule has 2 fully saturated rings. The van der Waals surface area contributed by atoms with Crippen LogP contribution in [0.5, 0.6) is 0 Å². The van der Waals surface area contributed by atoms with E-state index >= 15 is 0 Å². The maximum Gasteiger partial charge on any atom is 0.282 e. The lowest BCUT2D eigenvalue weighted by atomic mass is 9.82. The minimum absolute atomic E-state index is 0.0759. The molecule has 0 bridgehead atoms. The second-order valence-corrected chi connectivity index (χ2v) is 10.7. The van der Waals surface area contributed by atoms with Crippen molar-refractivity contribution < 1.29 is 13.2 Å². The predicted molar refractivity (Wildman–Crippen MR) is 114 cm³/mol. The summed E-state index contributed by atoms with van der Waals surface area (Å²) in [6, 6.07) is 8.37. The summed E-state index contributed by atoms with van der Waals surface area (Å²) in [5.41, 5.74) is 2.45. The van der Waals surface area contributed by atoms with E-state index in [1.807, 2.05) is 17.0 Å². The van der Waals surface area contributed by atoms with Crippen LogP contribution in [0, 0.1) is 0 Å². The fourth-order valence-corrected chi connectivity index (χ4v) is 6.76. The molecule has 1 saturated carbocycles. The first-order chi connectivity index (χ1) is 14.0. The maximum absolute atomic E-state index is 13.2. The van der Waals surface area contributed by atoms with Gasteiger partial charge >= 0.3 is 0 Å². The van der Waals surface area contributed by atoms with Crippen molar-refractivity contribution in [3.05, 3.63) is 35.4 Å². The van der Waals surface area contributed by atoms with Crippen LogP contribution in [-0.2, 0) is 21.4 Å². The number of nitrogens with zero attached hydrogens (tertiary/aromatic N) is 3. The predicted octanol–water partition coefficient (Wildman–Crippen LogP) is 2.76. The average molecular weight is 420 g/mol. The molecule has 1 amide bonds. The second-order valence-electron chi connectivity index (χ2n) is 8.68. The second kappa shape index (κ2) is 8.74. The number of amides is 1. The number of fused-ring (bicyclic) bond motifs is 1. The Bertz CT molecular complexity index is 827. The van der Waals surface area contributed by atoms with Gasteiger partial charge in [-0.05, 0) is 43.2 Å². The van der Waals surface area contributed by atoms with Crippen molar-refractivity contribution in [1.29, 1.82) is 0 Å². The van der Waals surface area contributed by atoms with Gasteiger partial charge in [0.1, 0.15) is 0 Å². The summed E-state index contributed by atoms with van der Waals surface area (Å²) in [4.78, 5) is 15.1. The monoisotopic (exact) mass is 419 g/mol. The minimum Gasteiger partial charge on any atom is -0.340 e. The minimum atomic E-state index is -3.46. The molecule has 3 aliphatic rings. The van der Waals surface area contributed by atoms with E-state index < -0.39 is 10.2 Å². The molecule has 1 aliphatic heterocycles. The molecule has 4 rings (SSSR count). The van der Waals surface area contributed by atoms with Crippen molar-refractivity contribution in [2.45, 2.75) is 63.3 Å². The molecule has 1 aromatic carbocycles. The SMILES string of the molecule is CN(C1CCCCC1)S(=O)(=O)N1CCN(C(=O)[C@H]2CCCc3ccccc32)CC1. The first-order valence-corrected chi connectivity index (χ1v) is 12.5. The molecular weight excluding hydrogens is 386 g/mol. The zero-order valence-electron chi connectivity index (χ0n) is 17.4. The van der Waals surface area contributed by atoms with E-state index in [1.165, 1.54) is 12.0 Å². The first kappa shape index (κ1) is 20.8. The number of carbonyl (C=O) groups excluding carboxylic acids is 1. The largest absolute Gasteiger partial charge is 0.340 e. The highest BCUT2D eigenvalue weighted by Gasteiger charge is 2.37. The van der Waals surface area contributed by atoms with E-state index in [0.29, 0.717) is 26.2 Å². The lowest BCUT2D eigenvalue weighted by Crippen LogP contribution is -2.55. The molecular formula is C22H33N3O3S. The van der Waals surface area contributed by atoms with Crippen LogP contribution in [0.1, 0.15) is 62.0 Å². The van der Waals surface area contributed by atoms with E-state index in [0.717, 1.165) is 50.5 Å². The van der Waals surface area contributed by atoms with E-state index in [2.05, 4.69) is 12.1 Å². The van der Waals surface area contributed by atoms with Gasteiger partial charge in [-0.3, -0.25) is 4.79 Å². The van der Waals surface area contributed by atoms with E-state index in [1.54, 1.807) is 15.7 Å². The first-order valence-electron chi connectivity index (χ1n) is 11.1. The van der Waals surface area contributed by atoms with E-state index in [-0.39, 0.29) is 17.9 Å². The van der Waals surface area contributed by atoms with Crippen molar-refractivity contribution in [3.63, 3.8) is 0 Å². The molecule has 1 atom stereocenters. The summed E-state index contributed by atoms with van der Waals surface area (Å²) >= 11 is 0. The number of hydrogen-bond donors (Lipinski definition) is 0. The Morgan fingerprint density at radius 2 is 1.66 bits per heavy atom. The number of hydrogen-bond acceptors (Lipinski definition) is 3. The third-order valence-corrected chi connectivity index (χ3v) is 9.04. The van der Waals surface area contributed by atoms with Crippen molar-refractivity contribution in [2.75, 3.05) is 33.2 Å². The molecule has 0 spiro atoms. The summed E-state index contributed by atoms with van der Waals surface area (Å²) in [7, 11) is -1.73. The molecule has 0 N–H and O–H groups in total. The molecule has 29 heavy (non-hydrogen) atoms. The van der Waals surface area contributed by atoms with Crippen LogP contribution in [-0.4, -0.2) is 67.1 Å². The van der Waals surface area contributed by atoms with Gasteiger partial charge in [0.15, 0.2) is 0 Å². The molecule has 0 radical (unpaired) electrons. The van der Waals surface area contributed by atoms with Gasteiger partial charge in [-0.15, -0.1) is 0 Å². The van der Waals surface area contributed by atoms with Crippen molar-refractivity contribution >= 4 is 16.1 Å². The number of rotatable bonds is 4. The molecule has 1 saturated heterocycles. The Morgan fingerprint density at radius 3 is 2.38 bits per heavy atom. The van der Waals surface area contributed by atoms with Crippen LogP contribution >= 0.6 is 0 Å². The van der Waals surface area contributed by atoms with Crippen LogP contribution in [0.4, 0.5) is 0 Å². The van der Waals surface area contributed by atoms with Gasteiger partial charge in [0.25, 0.3) is 10.2 Å². The topological polar surface area (TPSA) is 60.9 Å². The summed E-state index contributed by atoms with van der Waals surface area (Å²) in [6.07, 6.45) is 8.29. The number of piperazine rings is 1. The van der Waals surface area contributed by atoms with Gasteiger partial charge in [0.05, 0.1) is 5.92 Å². The highest BCUT2D eigenvalue weighted by Crippen LogP contribution is 2.33. The third kappa shape index (κ3) is 4.23. The summed E-state index contributed by atoms with van der Waals surface area (Å²) in [5.74, 6) is 0.0860. The zero-order chi connectivity index (χ0) is 20.4. The van der Waals surface area contributed by atoms with Crippen molar-refractivity contribution in [3.8, 4) is 0 Å². The van der Waals surface area contributed by atoms with Crippen LogP contribution in [0.15, 0.2) is 24.3 Å². The van der Waals surface area contributed by atoms with Gasteiger partial charge in [-0.1, -0.05) is 43.5 Å². The maximum atomic E-state index is 13.2. The molecule has 2 aliphatic carbocycles. The Morgan fingerprint density at radius 1 is 0.966 bits per heavy atom. The molecule has 160 valence electrons. The number of aryl methyl sites for hydroxylation is 1. The molecule has 7 heteroatoms. The smallest absolute Gasteiger partial charge is 0.282 e. The van der Waals surface area contributed by atoms with Crippen molar-refractivity contribution in [1.82, 2.24) is 13.5 Å². The van der Waals surface area contributed by atoms with Gasteiger partial charge in [0, 0.05) is 39.3 Å². The summed E-state index contributed by atoms with van der Waals surface area (Å²) < 4.78 is 29.3. The Kier molecular flexibility index (Phi) is 6.27. The number of benzene rings is 1. The van der Waals surface area contributed by atoms with Crippen LogP contribution in [0.3, 0.4) is 0 Å².